The van der Waals surface area contributed by atoms with Crippen molar-refractivity contribution in [1.82, 2.24) is 5.32 Å². The summed E-state index contributed by atoms with van der Waals surface area (Å²) in [5.41, 5.74) is -0.162. The van der Waals surface area contributed by atoms with E-state index >= 15 is 0 Å². The lowest BCUT2D eigenvalue weighted by molar-refractivity contribution is 0.353. The number of nitrogens with zero attached hydrogens (tertiary/aromatic N) is 1. The molecule has 0 heterocycles. The van der Waals surface area contributed by atoms with Gasteiger partial charge in [-0.05, 0) is 25.0 Å². The summed E-state index contributed by atoms with van der Waals surface area (Å²) in [6, 6.07) is 4.91. The van der Waals surface area contributed by atoms with E-state index in [0.717, 1.165) is 25.7 Å². The summed E-state index contributed by atoms with van der Waals surface area (Å²) in [6.45, 7) is 0. The van der Waals surface area contributed by atoms with Gasteiger partial charge in [-0.2, -0.15) is 5.26 Å². The van der Waals surface area contributed by atoms with Gasteiger partial charge in [-0.3, -0.25) is 5.32 Å². The SMILES string of the molecule is N#CC(NC1CCCCC1)c1c(F)cccc1F. The minimum atomic E-state index is -0.908. The minimum absolute atomic E-state index is 0.162. The first kappa shape index (κ1) is 13.0. The summed E-state index contributed by atoms with van der Waals surface area (Å²) >= 11 is 0. The summed E-state index contributed by atoms with van der Waals surface area (Å²) in [6.07, 6.45) is 5.34. The van der Waals surface area contributed by atoms with E-state index in [1.807, 2.05) is 6.07 Å². The van der Waals surface area contributed by atoms with Crippen LogP contribution in [0.4, 0.5) is 8.78 Å². The third kappa shape index (κ3) is 2.85. The van der Waals surface area contributed by atoms with Gasteiger partial charge < -0.3 is 0 Å². The topological polar surface area (TPSA) is 35.8 Å². The average Bonchev–Trinajstić information content (AvgIpc) is 2.38. The summed E-state index contributed by atoms with van der Waals surface area (Å²) in [5.74, 6) is -1.32. The van der Waals surface area contributed by atoms with Crippen LogP contribution in [0.3, 0.4) is 0 Å². The number of hydrogen-bond acceptors (Lipinski definition) is 2. The largest absolute Gasteiger partial charge is 0.295 e. The van der Waals surface area contributed by atoms with Crippen LogP contribution in [0, 0.1) is 23.0 Å². The van der Waals surface area contributed by atoms with Crippen molar-refractivity contribution in [3.8, 4) is 6.07 Å². The first-order valence-corrected chi connectivity index (χ1v) is 6.32. The van der Waals surface area contributed by atoms with Crippen LogP contribution in [0.25, 0.3) is 0 Å². The van der Waals surface area contributed by atoms with Crippen molar-refractivity contribution in [3.63, 3.8) is 0 Å². The van der Waals surface area contributed by atoms with Crippen LogP contribution in [0.5, 0.6) is 0 Å². The van der Waals surface area contributed by atoms with Gasteiger partial charge in [0.1, 0.15) is 17.7 Å². The second-order valence-corrected chi connectivity index (χ2v) is 4.70. The standard InChI is InChI=1S/C14H16F2N2/c15-11-7-4-8-12(16)14(11)13(9-17)18-10-5-2-1-3-6-10/h4,7-8,10,13,18H,1-3,5-6H2. The van der Waals surface area contributed by atoms with Gasteiger partial charge in [0.15, 0.2) is 0 Å². The lowest BCUT2D eigenvalue weighted by atomic mass is 9.94. The number of hydrogen-bond donors (Lipinski definition) is 1. The molecule has 1 unspecified atom stereocenters. The monoisotopic (exact) mass is 250 g/mol. The van der Waals surface area contributed by atoms with E-state index < -0.39 is 17.7 Å². The van der Waals surface area contributed by atoms with Crippen molar-refractivity contribution in [2.75, 3.05) is 0 Å². The zero-order chi connectivity index (χ0) is 13.0. The molecule has 1 fully saturated rings. The van der Waals surface area contributed by atoms with Gasteiger partial charge in [0.25, 0.3) is 0 Å². The molecule has 1 atom stereocenters. The molecule has 0 radical (unpaired) electrons. The molecule has 0 aliphatic heterocycles. The summed E-state index contributed by atoms with van der Waals surface area (Å²) < 4.78 is 27.2. The molecule has 18 heavy (non-hydrogen) atoms. The maximum absolute atomic E-state index is 13.6. The highest BCUT2D eigenvalue weighted by Crippen LogP contribution is 2.24. The van der Waals surface area contributed by atoms with Crippen LogP contribution in [0.1, 0.15) is 43.7 Å². The predicted molar refractivity (Wildman–Crippen MR) is 64.7 cm³/mol. The molecule has 0 saturated heterocycles. The highest BCUT2D eigenvalue weighted by Gasteiger charge is 2.23. The van der Waals surface area contributed by atoms with Crippen LogP contribution >= 0.6 is 0 Å². The van der Waals surface area contributed by atoms with Crippen LogP contribution in [-0.4, -0.2) is 6.04 Å². The van der Waals surface area contributed by atoms with E-state index in [0.29, 0.717) is 0 Å². The summed E-state index contributed by atoms with van der Waals surface area (Å²) in [5, 5.41) is 12.2. The molecule has 4 heteroatoms. The van der Waals surface area contributed by atoms with Gasteiger partial charge in [-0.25, -0.2) is 8.78 Å². The van der Waals surface area contributed by atoms with Crippen LogP contribution < -0.4 is 5.32 Å². The maximum Gasteiger partial charge on any atom is 0.131 e. The molecule has 0 spiro atoms. The molecule has 2 nitrogen and oxygen atoms in total. The van der Waals surface area contributed by atoms with Crippen LogP contribution in [-0.2, 0) is 0 Å². The molecule has 0 bridgehead atoms. The highest BCUT2D eigenvalue weighted by atomic mass is 19.1. The Kier molecular flexibility index (Phi) is 4.27. The molecule has 0 aromatic heterocycles. The van der Waals surface area contributed by atoms with E-state index in [4.69, 9.17) is 5.26 Å². The predicted octanol–water partition coefficient (Wildman–Crippen LogP) is 3.45. The van der Waals surface area contributed by atoms with Crippen LogP contribution in [0.15, 0.2) is 18.2 Å². The van der Waals surface area contributed by atoms with Gasteiger partial charge in [-0.15, -0.1) is 0 Å². The van der Waals surface area contributed by atoms with Gasteiger partial charge in [0, 0.05) is 6.04 Å². The number of nitriles is 1. The molecule has 0 amide bonds. The Morgan fingerprint density at radius 2 is 1.78 bits per heavy atom. The lowest BCUT2D eigenvalue weighted by Gasteiger charge is -2.25. The van der Waals surface area contributed by atoms with E-state index in [-0.39, 0.29) is 11.6 Å². The second kappa shape index (κ2) is 5.92. The smallest absolute Gasteiger partial charge is 0.131 e. The Balaban J connectivity index is 2.15. The molecule has 1 aliphatic carbocycles. The van der Waals surface area contributed by atoms with Gasteiger partial charge >= 0.3 is 0 Å². The molecule has 96 valence electrons. The summed E-state index contributed by atoms with van der Waals surface area (Å²) in [4.78, 5) is 0. The first-order chi connectivity index (χ1) is 8.72. The number of nitrogens with one attached hydrogen (secondary N) is 1. The molecular weight excluding hydrogens is 234 g/mol. The third-order valence-corrected chi connectivity index (χ3v) is 3.43. The Hall–Kier alpha value is -1.47. The number of halogens is 2. The van der Waals surface area contributed by atoms with Gasteiger partial charge in [0.2, 0.25) is 0 Å². The molecule has 1 aromatic carbocycles. The Morgan fingerprint density at radius 1 is 1.17 bits per heavy atom. The second-order valence-electron chi connectivity index (χ2n) is 4.70. The third-order valence-electron chi connectivity index (χ3n) is 3.43. The number of rotatable bonds is 3. The van der Waals surface area contributed by atoms with Crippen molar-refractivity contribution in [2.45, 2.75) is 44.2 Å². The molecule has 1 aromatic rings. The Morgan fingerprint density at radius 3 is 2.33 bits per heavy atom. The normalized spacial score (nSPS) is 18.3. The van der Waals surface area contributed by atoms with Gasteiger partial charge in [-0.1, -0.05) is 25.3 Å². The van der Waals surface area contributed by atoms with Crippen molar-refractivity contribution in [1.29, 1.82) is 5.26 Å². The van der Waals surface area contributed by atoms with Crippen molar-refractivity contribution in [2.24, 2.45) is 0 Å². The maximum atomic E-state index is 13.6. The fourth-order valence-electron chi connectivity index (χ4n) is 2.48. The lowest BCUT2D eigenvalue weighted by Crippen LogP contribution is -2.34. The van der Waals surface area contributed by atoms with E-state index in [9.17, 15) is 8.78 Å². The fraction of sp³-hybridized carbons (Fsp3) is 0.500. The quantitative estimate of drug-likeness (QED) is 0.891. The fourth-order valence-corrected chi connectivity index (χ4v) is 2.48. The van der Waals surface area contributed by atoms with E-state index in [2.05, 4.69) is 5.32 Å². The summed E-state index contributed by atoms with van der Waals surface area (Å²) in [7, 11) is 0. The van der Waals surface area contributed by atoms with Crippen LogP contribution in [0.2, 0.25) is 0 Å². The Bertz CT molecular complexity index is 427. The Labute approximate surface area is 106 Å². The zero-order valence-electron chi connectivity index (χ0n) is 10.1. The highest BCUT2D eigenvalue weighted by molar-refractivity contribution is 5.27. The number of benzene rings is 1. The van der Waals surface area contributed by atoms with E-state index in [1.165, 1.54) is 24.6 Å². The molecule has 1 aliphatic rings. The van der Waals surface area contributed by atoms with Crippen molar-refractivity contribution >= 4 is 0 Å². The first-order valence-electron chi connectivity index (χ1n) is 6.32. The molecule has 1 N–H and O–H groups in total. The van der Waals surface area contributed by atoms with Crippen molar-refractivity contribution < 1.29 is 8.78 Å². The average molecular weight is 250 g/mol. The zero-order valence-corrected chi connectivity index (χ0v) is 10.1. The minimum Gasteiger partial charge on any atom is -0.295 e. The molecule has 1 saturated carbocycles. The van der Waals surface area contributed by atoms with Gasteiger partial charge in [0.05, 0.1) is 11.6 Å². The van der Waals surface area contributed by atoms with E-state index in [1.54, 1.807) is 0 Å². The van der Waals surface area contributed by atoms with Crippen molar-refractivity contribution in [3.05, 3.63) is 35.4 Å². The molecule has 2 rings (SSSR count). The molecular formula is C14H16F2N2.